The quantitative estimate of drug-likeness (QED) is 0.868. The van der Waals surface area contributed by atoms with Gasteiger partial charge in [-0.15, -0.1) is 0 Å². The van der Waals surface area contributed by atoms with Gasteiger partial charge in [0.05, 0.1) is 11.5 Å². The van der Waals surface area contributed by atoms with Crippen molar-refractivity contribution < 1.29 is 19.8 Å². The van der Waals surface area contributed by atoms with Gasteiger partial charge in [0.2, 0.25) is 5.91 Å². The summed E-state index contributed by atoms with van der Waals surface area (Å²) in [5.74, 6) is -0.764. The lowest BCUT2D eigenvalue weighted by Crippen LogP contribution is -2.54. The molecule has 1 aromatic rings. The smallest absolute Gasteiger partial charge is 0.407 e. The standard InChI is InChI=1S/C18H25N3O4/c22-16(20-9-11-21(12-10-20)17(23)24)15(14-5-4-8-19-13-14)18(25)6-2-1-3-7-18/h4-5,8,13,15,25H,1-3,6-7,9-12H2,(H,23,24). The molecule has 1 aliphatic heterocycles. The molecule has 2 aliphatic rings. The highest BCUT2D eigenvalue weighted by Gasteiger charge is 2.45. The summed E-state index contributed by atoms with van der Waals surface area (Å²) in [6, 6.07) is 3.62. The molecular weight excluding hydrogens is 322 g/mol. The molecule has 2 fully saturated rings. The largest absolute Gasteiger partial charge is 0.465 e. The van der Waals surface area contributed by atoms with E-state index >= 15 is 0 Å². The topological polar surface area (TPSA) is 94.0 Å². The Morgan fingerprint density at radius 1 is 1.08 bits per heavy atom. The van der Waals surface area contributed by atoms with Crippen molar-refractivity contribution in [1.29, 1.82) is 0 Å². The van der Waals surface area contributed by atoms with Gasteiger partial charge in [0.1, 0.15) is 0 Å². The lowest BCUT2D eigenvalue weighted by molar-refractivity contribution is -0.143. The minimum Gasteiger partial charge on any atom is -0.465 e. The van der Waals surface area contributed by atoms with Crippen molar-refractivity contribution in [3.63, 3.8) is 0 Å². The van der Waals surface area contributed by atoms with E-state index in [0.29, 0.717) is 39.0 Å². The summed E-state index contributed by atoms with van der Waals surface area (Å²) >= 11 is 0. The maximum Gasteiger partial charge on any atom is 0.407 e. The number of hydrogen-bond donors (Lipinski definition) is 2. The van der Waals surface area contributed by atoms with E-state index in [2.05, 4.69) is 4.98 Å². The SMILES string of the molecule is O=C(O)N1CCN(C(=O)C(c2cccnc2)C2(O)CCCCC2)CC1. The van der Waals surface area contributed by atoms with Gasteiger partial charge in [-0.05, 0) is 24.5 Å². The van der Waals surface area contributed by atoms with Gasteiger partial charge in [0, 0.05) is 38.6 Å². The van der Waals surface area contributed by atoms with Crippen LogP contribution in [0.2, 0.25) is 0 Å². The van der Waals surface area contributed by atoms with Crippen molar-refractivity contribution in [2.75, 3.05) is 26.2 Å². The predicted molar refractivity (Wildman–Crippen MR) is 91.2 cm³/mol. The van der Waals surface area contributed by atoms with E-state index in [1.54, 1.807) is 23.4 Å². The number of aliphatic hydroxyl groups is 1. The first-order chi connectivity index (χ1) is 12.0. The Labute approximate surface area is 147 Å². The Balaban J connectivity index is 1.82. The van der Waals surface area contributed by atoms with Crippen LogP contribution in [0.1, 0.15) is 43.6 Å². The van der Waals surface area contributed by atoms with E-state index in [9.17, 15) is 14.7 Å². The van der Waals surface area contributed by atoms with Gasteiger partial charge in [0.25, 0.3) is 0 Å². The summed E-state index contributed by atoms with van der Waals surface area (Å²) < 4.78 is 0. The lowest BCUT2D eigenvalue weighted by Gasteiger charge is -2.42. The van der Waals surface area contributed by atoms with Crippen molar-refractivity contribution in [3.05, 3.63) is 30.1 Å². The van der Waals surface area contributed by atoms with E-state index in [1.807, 2.05) is 6.07 Å². The molecule has 0 bridgehead atoms. The molecule has 1 unspecified atom stereocenters. The number of amides is 2. The molecule has 0 spiro atoms. The summed E-state index contributed by atoms with van der Waals surface area (Å²) in [4.78, 5) is 31.4. The number of nitrogens with zero attached hydrogens (tertiary/aromatic N) is 3. The molecule has 136 valence electrons. The predicted octanol–water partition coefficient (Wildman–Crippen LogP) is 1.68. The van der Waals surface area contributed by atoms with E-state index in [0.717, 1.165) is 24.8 Å². The molecule has 1 atom stereocenters. The van der Waals surface area contributed by atoms with Gasteiger partial charge in [-0.2, -0.15) is 0 Å². The van der Waals surface area contributed by atoms with Crippen LogP contribution in [0.15, 0.2) is 24.5 Å². The third-order valence-electron chi connectivity index (χ3n) is 5.38. The van der Waals surface area contributed by atoms with Crippen LogP contribution in [0.5, 0.6) is 0 Å². The average molecular weight is 347 g/mol. The Bertz CT molecular complexity index is 608. The summed E-state index contributed by atoms with van der Waals surface area (Å²) in [5, 5.41) is 20.3. The number of rotatable bonds is 3. The molecule has 1 saturated heterocycles. The number of piperazine rings is 1. The molecule has 7 nitrogen and oxygen atoms in total. The fourth-order valence-corrected chi connectivity index (χ4v) is 3.98. The highest BCUT2D eigenvalue weighted by Crippen LogP contribution is 2.41. The molecule has 0 aromatic carbocycles. The number of carbonyl (C=O) groups excluding carboxylic acids is 1. The molecule has 3 rings (SSSR count). The maximum absolute atomic E-state index is 13.3. The highest BCUT2D eigenvalue weighted by atomic mass is 16.4. The van der Waals surface area contributed by atoms with Gasteiger partial charge in [-0.3, -0.25) is 9.78 Å². The summed E-state index contributed by atoms with van der Waals surface area (Å²) in [5.41, 5.74) is -0.319. The van der Waals surface area contributed by atoms with Gasteiger partial charge in [0.15, 0.2) is 0 Å². The third-order valence-corrected chi connectivity index (χ3v) is 5.38. The Morgan fingerprint density at radius 3 is 2.28 bits per heavy atom. The second kappa shape index (κ2) is 7.39. The van der Waals surface area contributed by atoms with Crippen molar-refractivity contribution in [1.82, 2.24) is 14.8 Å². The molecule has 2 amide bonds. The van der Waals surface area contributed by atoms with Crippen molar-refractivity contribution in [2.45, 2.75) is 43.6 Å². The first-order valence-corrected chi connectivity index (χ1v) is 8.90. The Morgan fingerprint density at radius 2 is 1.72 bits per heavy atom. The lowest BCUT2D eigenvalue weighted by atomic mass is 9.72. The van der Waals surface area contributed by atoms with Crippen molar-refractivity contribution in [3.8, 4) is 0 Å². The van der Waals surface area contributed by atoms with Gasteiger partial charge in [-0.1, -0.05) is 25.3 Å². The van der Waals surface area contributed by atoms with E-state index < -0.39 is 17.6 Å². The van der Waals surface area contributed by atoms with Crippen LogP contribution < -0.4 is 0 Å². The zero-order valence-corrected chi connectivity index (χ0v) is 14.3. The van der Waals surface area contributed by atoms with Crippen LogP contribution in [0.25, 0.3) is 0 Å². The van der Waals surface area contributed by atoms with Gasteiger partial charge >= 0.3 is 6.09 Å². The van der Waals surface area contributed by atoms with E-state index in [-0.39, 0.29) is 5.91 Å². The van der Waals surface area contributed by atoms with Crippen molar-refractivity contribution >= 4 is 12.0 Å². The molecule has 1 saturated carbocycles. The van der Waals surface area contributed by atoms with Crippen LogP contribution in [-0.2, 0) is 4.79 Å². The van der Waals surface area contributed by atoms with Crippen LogP contribution >= 0.6 is 0 Å². The fourth-order valence-electron chi connectivity index (χ4n) is 3.98. The summed E-state index contributed by atoms with van der Waals surface area (Å²) in [6.45, 7) is 1.33. The van der Waals surface area contributed by atoms with Crippen molar-refractivity contribution in [2.24, 2.45) is 0 Å². The molecule has 2 N–H and O–H groups in total. The van der Waals surface area contributed by atoms with Crippen LogP contribution in [-0.4, -0.2) is 68.8 Å². The van der Waals surface area contributed by atoms with Gasteiger partial charge < -0.3 is 20.0 Å². The molecule has 0 radical (unpaired) electrons. The maximum atomic E-state index is 13.3. The van der Waals surface area contributed by atoms with Crippen LogP contribution in [0.4, 0.5) is 4.79 Å². The van der Waals surface area contributed by atoms with Crippen LogP contribution in [0.3, 0.4) is 0 Å². The minimum atomic E-state index is -1.05. The second-order valence-electron chi connectivity index (χ2n) is 6.98. The van der Waals surface area contributed by atoms with Crippen LogP contribution in [0, 0.1) is 0 Å². The molecule has 2 heterocycles. The summed E-state index contributed by atoms with van der Waals surface area (Å²) in [7, 11) is 0. The fraction of sp³-hybridized carbons (Fsp3) is 0.611. The zero-order chi connectivity index (χ0) is 17.9. The Kier molecular flexibility index (Phi) is 5.22. The van der Waals surface area contributed by atoms with Gasteiger partial charge in [-0.25, -0.2) is 4.79 Å². The number of aromatic nitrogens is 1. The third kappa shape index (κ3) is 3.76. The second-order valence-corrected chi connectivity index (χ2v) is 6.98. The zero-order valence-electron chi connectivity index (χ0n) is 14.3. The first kappa shape index (κ1) is 17.7. The number of pyridine rings is 1. The number of carbonyl (C=O) groups is 2. The monoisotopic (exact) mass is 347 g/mol. The van der Waals surface area contributed by atoms with E-state index in [1.165, 1.54) is 4.90 Å². The molecular formula is C18H25N3O4. The average Bonchev–Trinajstić information content (AvgIpc) is 2.63. The molecule has 25 heavy (non-hydrogen) atoms. The number of carboxylic acid groups (broad SMARTS) is 1. The normalized spacial score (nSPS) is 21.6. The highest BCUT2D eigenvalue weighted by molar-refractivity contribution is 5.85. The van der Waals surface area contributed by atoms with E-state index in [4.69, 9.17) is 5.11 Å². The minimum absolute atomic E-state index is 0.123. The molecule has 1 aliphatic carbocycles. The molecule has 7 heteroatoms. The number of hydrogen-bond acceptors (Lipinski definition) is 4. The Hall–Kier alpha value is -2.15. The molecule has 1 aromatic heterocycles. The first-order valence-electron chi connectivity index (χ1n) is 8.90. The summed E-state index contributed by atoms with van der Waals surface area (Å²) in [6.07, 6.45) is 6.46.